The molecular formula is C24H21Cl2N3O4. The standard InChI is InChI=1S/C24H21Cl2N3O4/c1-3-32-24(30)20-22-27-14-18(17-6-4-5-7-19(17)26)21(15-8-10-16(25)11-9-15)29(22)28-23(20)33-13-12-31-2/h4-11,14H,3,12-13H2,1-2H3. The van der Waals surface area contributed by atoms with E-state index in [9.17, 15) is 4.79 Å². The van der Waals surface area contributed by atoms with Crippen LogP contribution in [0.15, 0.2) is 54.7 Å². The van der Waals surface area contributed by atoms with E-state index >= 15 is 0 Å². The average Bonchev–Trinajstić information content (AvgIpc) is 3.18. The minimum Gasteiger partial charge on any atom is -0.473 e. The van der Waals surface area contributed by atoms with Gasteiger partial charge in [0.1, 0.15) is 6.61 Å². The summed E-state index contributed by atoms with van der Waals surface area (Å²) in [6, 6.07) is 14.8. The topological polar surface area (TPSA) is 75.0 Å². The van der Waals surface area contributed by atoms with Gasteiger partial charge in [0.2, 0.25) is 0 Å². The third-order valence-corrected chi connectivity index (χ3v) is 5.48. The number of halogens is 2. The molecule has 4 rings (SSSR count). The predicted octanol–water partition coefficient (Wildman–Crippen LogP) is 5.57. The Morgan fingerprint density at radius 2 is 1.79 bits per heavy atom. The van der Waals surface area contributed by atoms with Gasteiger partial charge < -0.3 is 14.2 Å². The molecule has 0 aliphatic heterocycles. The smallest absolute Gasteiger partial charge is 0.347 e. The van der Waals surface area contributed by atoms with E-state index in [1.165, 1.54) is 0 Å². The molecule has 9 heteroatoms. The van der Waals surface area contributed by atoms with Gasteiger partial charge in [0.05, 0.1) is 18.9 Å². The second-order valence-corrected chi connectivity index (χ2v) is 7.83. The van der Waals surface area contributed by atoms with Crippen molar-refractivity contribution in [3.63, 3.8) is 0 Å². The van der Waals surface area contributed by atoms with E-state index in [2.05, 4.69) is 10.1 Å². The number of ether oxygens (including phenoxy) is 3. The second-order valence-electron chi connectivity index (χ2n) is 6.98. The molecule has 0 bridgehead atoms. The molecule has 0 fully saturated rings. The number of benzene rings is 2. The summed E-state index contributed by atoms with van der Waals surface area (Å²) in [6.07, 6.45) is 1.67. The molecule has 0 amide bonds. The highest BCUT2D eigenvalue weighted by atomic mass is 35.5. The van der Waals surface area contributed by atoms with Crippen molar-refractivity contribution in [1.82, 2.24) is 14.6 Å². The monoisotopic (exact) mass is 485 g/mol. The van der Waals surface area contributed by atoms with Crippen molar-refractivity contribution >= 4 is 34.8 Å². The Hall–Kier alpha value is -3.13. The van der Waals surface area contributed by atoms with Crippen molar-refractivity contribution in [3.8, 4) is 28.3 Å². The van der Waals surface area contributed by atoms with Crippen LogP contribution in [0.1, 0.15) is 17.3 Å². The first-order valence-corrected chi connectivity index (χ1v) is 11.0. The van der Waals surface area contributed by atoms with Crippen LogP contribution < -0.4 is 4.74 Å². The summed E-state index contributed by atoms with van der Waals surface area (Å²) < 4.78 is 17.7. The lowest BCUT2D eigenvalue weighted by atomic mass is 10.0. The van der Waals surface area contributed by atoms with Crippen LogP contribution >= 0.6 is 23.2 Å². The maximum absolute atomic E-state index is 12.8. The molecule has 0 radical (unpaired) electrons. The molecule has 7 nitrogen and oxygen atoms in total. The van der Waals surface area contributed by atoms with Crippen molar-refractivity contribution < 1.29 is 19.0 Å². The summed E-state index contributed by atoms with van der Waals surface area (Å²) in [5.74, 6) is -0.454. The number of carbonyl (C=O) groups is 1. The molecule has 2 aromatic heterocycles. The van der Waals surface area contributed by atoms with Crippen LogP contribution in [0.4, 0.5) is 0 Å². The molecule has 170 valence electrons. The number of hydrogen-bond acceptors (Lipinski definition) is 6. The van der Waals surface area contributed by atoms with Crippen LogP contribution in [0.25, 0.3) is 28.0 Å². The van der Waals surface area contributed by atoms with Crippen LogP contribution in [0.3, 0.4) is 0 Å². The third kappa shape index (κ3) is 4.66. The number of carbonyl (C=O) groups excluding carboxylic acids is 1. The number of methoxy groups -OCH3 is 1. The number of nitrogens with zero attached hydrogens (tertiary/aromatic N) is 3. The van der Waals surface area contributed by atoms with E-state index in [1.54, 1.807) is 42.9 Å². The zero-order valence-corrected chi connectivity index (χ0v) is 19.6. The number of fused-ring (bicyclic) bond motifs is 1. The quantitative estimate of drug-likeness (QED) is 0.239. The van der Waals surface area contributed by atoms with Crippen molar-refractivity contribution in [2.45, 2.75) is 6.92 Å². The van der Waals surface area contributed by atoms with Gasteiger partial charge in [0.25, 0.3) is 5.88 Å². The lowest BCUT2D eigenvalue weighted by molar-refractivity contribution is 0.0521. The van der Waals surface area contributed by atoms with Gasteiger partial charge >= 0.3 is 5.97 Å². The third-order valence-electron chi connectivity index (χ3n) is 4.90. The predicted molar refractivity (Wildman–Crippen MR) is 127 cm³/mol. The maximum Gasteiger partial charge on any atom is 0.347 e. The van der Waals surface area contributed by atoms with Gasteiger partial charge in [0.15, 0.2) is 11.2 Å². The number of hydrogen-bond donors (Lipinski definition) is 0. The van der Waals surface area contributed by atoms with Crippen molar-refractivity contribution in [1.29, 1.82) is 0 Å². The van der Waals surface area contributed by atoms with E-state index in [4.69, 9.17) is 37.4 Å². The minimum atomic E-state index is -0.569. The van der Waals surface area contributed by atoms with E-state index in [1.807, 2.05) is 30.3 Å². The van der Waals surface area contributed by atoms with Crippen molar-refractivity contribution in [2.24, 2.45) is 0 Å². The van der Waals surface area contributed by atoms with Gasteiger partial charge in [-0.2, -0.15) is 0 Å². The van der Waals surface area contributed by atoms with Gasteiger partial charge in [-0.25, -0.2) is 14.3 Å². The Bertz CT molecular complexity index is 1290. The average molecular weight is 486 g/mol. The molecule has 0 saturated heterocycles. The second kappa shape index (κ2) is 10.2. The highest BCUT2D eigenvalue weighted by molar-refractivity contribution is 6.33. The van der Waals surface area contributed by atoms with E-state index < -0.39 is 5.97 Å². The summed E-state index contributed by atoms with van der Waals surface area (Å²) in [5.41, 5.74) is 3.45. The Kier molecular flexibility index (Phi) is 7.13. The molecule has 0 saturated carbocycles. The number of rotatable bonds is 8. The van der Waals surface area contributed by atoms with Gasteiger partial charge in [-0.15, -0.1) is 5.10 Å². The summed E-state index contributed by atoms with van der Waals surface area (Å²) in [5, 5.41) is 5.76. The molecular weight excluding hydrogens is 465 g/mol. The molecule has 0 aliphatic rings. The summed E-state index contributed by atoms with van der Waals surface area (Å²) in [4.78, 5) is 17.4. The maximum atomic E-state index is 12.8. The zero-order valence-electron chi connectivity index (χ0n) is 18.0. The fourth-order valence-corrected chi connectivity index (χ4v) is 3.80. The van der Waals surface area contributed by atoms with Crippen LogP contribution in [-0.4, -0.2) is 47.5 Å². The Labute approximate surface area is 200 Å². The Morgan fingerprint density at radius 1 is 1.03 bits per heavy atom. The molecule has 0 unspecified atom stereocenters. The van der Waals surface area contributed by atoms with Crippen LogP contribution in [-0.2, 0) is 9.47 Å². The molecule has 0 N–H and O–H groups in total. The summed E-state index contributed by atoms with van der Waals surface area (Å²) in [6.45, 7) is 2.48. The lowest BCUT2D eigenvalue weighted by Crippen LogP contribution is -2.10. The molecule has 0 spiro atoms. The van der Waals surface area contributed by atoms with E-state index in [0.29, 0.717) is 28.0 Å². The first-order chi connectivity index (χ1) is 16.0. The number of esters is 1. The fraction of sp³-hybridized carbons (Fsp3) is 0.208. The van der Waals surface area contributed by atoms with Crippen LogP contribution in [0, 0.1) is 0 Å². The first kappa shape index (κ1) is 23.0. The van der Waals surface area contributed by atoms with Gasteiger partial charge in [-0.05, 0) is 25.1 Å². The fourth-order valence-electron chi connectivity index (χ4n) is 3.43. The van der Waals surface area contributed by atoms with Crippen molar-refractivity contribution in [2.75, 3.05) is 26.9 Å². The summed E-state index contributed by atoms with van der Waals surface area (Å²) >= 11 is 12.6. The van der Waals surface area contributed by atoms with E-state index in [-0.39, 0.29) is 24.7 Å². The van der Waals surface area contributed by atoms with Crippen LogP contribution in [0.2, 0.25) is 10.0 Å². The van der Waals surface area contributed by atoms with Gasteiger partial charge in [0, 0.05) is 40.0 Å². The van der Waals surface area contributed by atoms with E-state index in [0.717, 1.165) is 16.7 Å². The lowest BCUT2D eigenvalue weighted by Gasteiger charge is -2.13. The Morgan fingerprint density at radius 3 is 2.48 bits per heavy atom. The largest absolute Gasteiger partial charge is 0.473 e. The molecule has 4 aromatic rings. The Balaban J connectivity index is 2.02. The van der Waals surface area contributed by atoms with Crippen LogP contribution in [0.5, 0.6) is 5.88 Å². The molecule has 2 aromatic carbocycles. The molecule has 2 heterocycles. The van der Waals surface area contributed by atoms with Gasteiger partial charge in [-0.1, -0.05) is 53.5 Å². The minimum absolute atomic E-state index is 0.115. The zero-order chi connectivity index (χ0) is 23.4. The highest BCUT2D eigenvalue weighted by Gasteiger charge is 2.27. The van der Waals surface area contributed by atoms with Crippen molar-refractivity contribution in [3.05, 3.63) is 70.3 Å². The first-order valence-electron chi connectivity index (χ1n) is 10.3. The number of aromatic nitrogens is 3. The summed E-state index contributed by atoms with van der Waals surface area (Å²) in [7, 11) is 1.56. The normalized spacial score (nSPS) is 11.0. The van der Waals surface area contributed by atoms with Gasteiger partial charge in [-0.3, -0.25) is 0 Å². The molecule has 33 heavy (non-hydrogen) atoms. The molecule has 0 aliphatic carbocycles. The molecule has 0 atom stereocenters. The SMILES string of the molecule is CCOC(=O)c1c(OCCOC)nn2c(-c3ccc(Cl)cc3)c(-c3ccccc3Cl)cnc12. The highest BCUT2D eigenvalue weighted by Crippen LogP contribution is 2.37.